The van der Waals surface area contributed by atoms with Gasteiger partial charge in [0.2, 0.25) is 118 Å². The highest BCUT2D eigenvalue weighted by molar-refractivity contribution is 6.03. The van der Waals surface area contributed by atoms with E-state index in [-0.39, 0.29) is 89.6 Å². The number of phenolic OH excluding ortho intramolecular Hbond substituents is 1. The molecule has 0 unspecified atom stereocenters. The molecule has 1 fully saturated rings. The van der Waals surface area contributed by atoms with Gasteiger partial charge >= 0.3 is 17.9 Å². The van der Waals surface area contributed by atoms with Crippen molar-refractivity contribution in [3.63, 3.8) is 0 Å². The van der Waals surface area contributed by atoms with Crippen molar-refractivity contribution >= 4 is 136 Å². The van der Waals surface area contributed by atoms with E-state index in [0.717, 1.165) is 4.90 Å². The molecule has 2 rings (SSSR count). The van der Waals surface area contributed by atoms with E-state index in [1.807, 2.05) is 16.0 Å². The summed E-state index contributed by atoms with van der Waals surface area (Å²) in [4.78, 5) is 302. The molecule has 0 saturated carbocycles. The van der Waals surface area contributed by atoms with Crippen molar-refractivity contribution in [3.05, 3.63) is 29.8 Å². The second-order valence-electron chi connectivity index (χ2n) is 26.9. The summed E-state index contributed by atoms with van der Waals surface area (Å²) >= 11 is 0. The number of carbonyl (C=O) groups is 23. The number of carboxylic acids is 3. The molecule has 13 atom stereocenters. The molecule has 0 radical (unpaired) electrons. The molecule has 1 aliphatic rings. The van der Waals surface area contributed by atoms with Crippen LogP contribution in [-0.2, 0) is 117 Å². The van der Waals surface area contributed by atoms with Crippen molar-refractivity contribution < 1.29 is 131 Å². The summed E-state index contributed by atoms with van der Waals surface area (Å²) in [7, 11) is 0. The van der Waals surface area contributed by atoms with Gasteiger partial charge in [0.15, 0.2) is 0 Å². The molecule has 20 amide bonds. The van der Waals surface area contributed by atoms with Crippen LogP contribution in [0.4, 0.5) is 0 Å². The van der Waals surface area contributed by atoms with Gasteiger partial charge in [-0.3, -0.25) is 105 Å². The van der Waals surface area contributed by atoms with E-state index in [2.05, 4.69) is 47.9 Å². The lowest BCUT2D eigenvalue weighted by atomic mass is 10.0. The standard InChI is InChI=1S/C67H103N23O27/c68-19-3-1-6-33(81-60(109)38(23-46(72)93)79-52(99)29-78-56(105)37(22-30-9-11-31(91)12-10-30)88-65(114)44-8-5-21-90(44)66(115)36(15-18-54(102)103)83-55(104)32(70)13-17-53(100)101)57(106)80-34(7-2-4-20-69)58(107)84-40(25-48(74)95)62(111)86-39(24-47(73)94)61(110)82-35(14-16-45(71)92)59(108)85-41(26-49(75)96)63(112)87-42(27-50(76)97)64(113)89-43(67(116)117)28-51(77)98/h9-12,32-44,91H,1-8,13-29,68-70H2,(H2,71,92)(H2,72,93)(H2,73,94)(H2,74,95)(H2,75,96)(H2,76,97)(H2,77,98)(H,78,105)(H,79,99)(H,80,106)(H,81,109)(H,82,110)(H,83,104)(H,84,107)(H,85,108)(H,86,111)(H,87,112)(H,88,114)(H,89,113)(H,100,101)(H,102,103)(H,116,117)/t32-,33-,34-,35-,36-,37-,38-,39-,40-,41-,42-,43-,44-/m0/s1. The van der Waals surface area contributed by atoms with E-state index in [1.165, 1.54) is 24.3 Å². The maximum absolute atomic E-state index is 14.4. The lowest BCUT2D eigenvalue weighted by Crippen LogP contribution is -2.61. The molecule has 1 aromatic carbocycles. The highest BCUT2D eigenvalue weighted by Gasteiger charge is 2.42. The zero-order valence-electron chi connectivity index (χ0n) is 63.4. The Balaban J connectivity index is 2.50. The molecule has 50 heteroatoms. The fourth-order valence-electron chi connectivity index (χ4n) is 11.3. The fraction of sp³-hybridized carbons (Fsp3) is 0.567. The maximum atomic E-state index is 14.4. The number of likely N-dealkylation sites (tertiary alicyclic amines) is 1. The number of primary amides is 7. The van der Waals surface area contributed by atoms with Gasteiger partial charge in [0.1, 0.15) is 78.3 Å². The molecule has 1 aliphatic heterocycles. The van der Waals surface area contributed by atoms with Crippen molar-refractivity contribution in [1.29, 1.82) is 0 Å². The second kappa shape index (κ2) is 50.7. The number of aliphatic carboxylic acids is 3. The number of nitrogens with zero attached hydrogens (tertiary/aromatic N) is 1. The van der Waals surface area contributed by atoms with Gasteiger partial charge in [0, 0.05) is 32.2 Å². The SMILES string of the molecule is NCCCC[C@H](NC(=O)[C@H](CC(N)=O)NC(=O)CNC(=O)[C@H](Cc1ccc(O)cc1)NC(=O)[C@@H]1CCCN1C(=O)[C@H](CCC(=O)O)NC(=O)[C@@H](N)CCC(=O)O)C(=O)N[C@@H](CCCCN)C(=O)N[C@@H](CC(N)=O)C(=O)N[C@@H](CC(N)=O)C(=O)N[C@@H](CCC(N)=O)C(=O)N[C@@H](CC(N)=O)C(=O)N[C@@H](CC(N)=O)C(=O)N[C@@H](CC(N)=O)C(=O)O. The molecule has 0 bridgehead atoms. The molecule has 0 aliphatic carbocycles. The first kappa shape index (κ1) is 99.8. The van der Waals surface area contributed by atoms with Crippen LogP contribution in [0.15, 0.2) is 24.3 Å². The summed E-state index contributed by atoms with van der Waals surface area (Å²) in [5.74, 6) is -29.6. The average Bonchev–Trinajstić information content (AvgIpc) is 1.70. The predicted molar refractivity (Wildman–Crippen MR) is 397 cm³/mol. The Kier molecular flexibility index (Phi) is 43.3. The van der Waals surface area contributed by atoms with Gasteiger partial charge in [-0.15, -0.1) is 0 Å². The summed E-state index contributed by atoms with van der Waals surface area (Å²) in [5.41, 5.74) is 54.9. The Morgan fingerprint density at radius 1 is 0.376 bits per heavy atom. The highest BCUT2D eigenvalue weighted by Crippen LogP contribution is 2.22. The quantitative estimate of drug-likeness (QED) is 0.0269. The smallest absolute Gasteiger partial charge is 0.326 e. The predicted octanol–water partition coefficient (Wildman–Crippen LogP) is -13.7. The number of benzene rings is 1. The number of hydrogen-bond donors (Lipinski definition) is 26. The summed E-state index contributed by atoms with van der Waals surface area (Å²) in [6.45, 7) is -1.05. The van der Waals surface area contributed by atoms with Crippen LogP contribution in [0.25, 0.3) is 0 Å². The number of carbonyl (C=O) groups excluding carboxylic acids is 20. The summed E-state index contributed by atoms with van der Waals surface area (Å²) in [6, 6.07) is -18.7. The number of unbranched alkanes of at least 4 members (excludes halogenated alkanes) is 2. The molecule has 0 spiro atoms. The summed E-state index contributed by atoms with van der Waals surface area (Å²) in [5, 5.41) is 64.3. The Hall–Kier alpha value is -13.3. The Morgan fingerprint density at radius 3 is 1.09 bits per heavy atom. The molecule has 1 aromatic rings. The van der Waals surface area contributed by atoms with E-state index in [9.17, 15) is 126 Å². The number of phenols is 1. The number of rotatable bonds is 57. The summed E-state index contributed by atoms with van der Waals surface area (Å²) < 4.78 is 0. The van der Waals surface area contributed by atoms with Crippen molar-refractivity contribution in [2.24, 2.45) is 57.3 Å². The number of nitrogens with one attached hydrogen (secondary N) is 12. The number of hydrogen-bond acceptors (Lipinski definition) is 27. The molecule has 1 saturated heterocycles. The molecule has 36 N–H and O–H groups in total. The maximum Gasteiger partial charge on any atom is 0.326 e. The zero-order valence-corrected chi connectivity index (χ0v) is 63.4. The molecule has 0 aromatic heterocycles. The van der Waals surface area contributed by atoms with E-state index in [0.29, 0.717) is 5.56 Å². The average molecular weight is 1660 g/mol. The molecule has 117 heavy (non-hydrogen) atoms. The van der Waals surface area contributed by atoms with Gasteiger partial charge in [-0.25, -0.2) is 4.79 Å². The Labute approximate surface area is 665 Å². The Bertz CT molecular complexity index is 3810. The number of nitrogens with two attached hydrogens (primary N) is 10. The molecular weight excluding hydrogens is 1560 g/mol. The zero-order chi connectivity index (χ0) is 88.5. The van der Waals surface area contributed by atoms with Crippen molar-refractivity contribution in [2.75, 3.05) is 26.2 Å². The van der Waals surface area contributed by atoms with Crippen LogP contribution in [-0.4, -0.2) is 266 Å². The third-order valence-electron chi connectivity index (χ3n) is 17.2. The number of carboxylic acid groups (broad SMARTS) is 3. The van der Waals surface area contributed by atoms with Crippen LogP contribution in [0.2, 0.25) is 0 Å². The second-order valence-corrected chi connectivity index (χ2v) is 26.9. The fourth-order valence-corrected chi connectivity index (χ4v) is 11.3. The minimum atomic E-state index is -2.20. The Morgan fingerprint density at radius 2 is 0.718 bits per heavy atom. The first-order chi connectivity index (χ1) is 54.9. The largest absolute Gasteiger partial charge is 0.508 e. The number of amides is 20. The van der Waals surface area contributed by atoms with Gasteiger partial charge in [-0.2, -0.15) is 0 Å². The lowest BCUT2D eigenvalue weighted by Gasteiger charge is -2.30. The highest BCUT2D eigenvalue weighted by atomic mass is 16.4. The van der Waals surface area contributed by atoms with Crippen LogP contribution in [0.5, 0.6) is 5.75 Å². The van der Waals surface area contributed by atoms with E-state index >= 15 is 0 Å². The van der Waals surface area contributed by atoms with Gasteiger partial charge in [0.05, 0.1) is 51.1 Å². The monoisotopic (exact) mass is 1660 g/mol. The summed E-state index contributed by atoms with van der Waals surface area (Å²) in [6.07, 6.45) is -10.2. The normalized spacial score (nSPS) is 15.2. The molecule has 648 valence electrons. The molecule has 50 nitrogen and oxygen atoms in total. The van der Waals surface area contributed by atoms with Gasteiger partial charge in [-0.1, -0.05) is 12.1 Å². The van der Waals surface area contributed by atoms with E-state index in [1.54, 1.807) is 0 Å². The van der Waals surface area contributed by atoms with Crippen molar-refractivity contribution in [3.8, 4) is 5.75 Å². The first-order valence-corrected chi connectivity index (χ1v) is 36.4. The number of aromatic hydroxyl groups is 1. The van der Waals surface area contributed by atoms with Crippen LogP contribution in [0.3, 0.4) is 0 Å². The van der Waals surface area contributed by atoms with Crippen LogP contribution >= 0.6 is 0 Å². The van der Waals surface area contributed by atoms with Crippen LogP contribution in [0, 0.1) is 0 Å². The van der Waals surface area contributed by atoms with Crippen molar-refractivity contribution in [1.82, 2.24) is 68.7 Å². The first-order valence-electron chi connectivity index (χ1n) is 36.4. The van der Waals surface area contributed by atoms with Gasteiger partial charge < -0.3 is 146 Å². The lowest BCUT2D eigenvalue weighted by molar-refractivity contribution is -0.144. The van der Waals surface area contributed by atoms with Gasteiger partial charge in [0.25, 0.3) is 0 Å². The molecule has 1 heterocycles. The third kappa shape index (κ3) is 38.4. The van der Waals surface area contributed by atoms with Gasteiger partial charge in [-0.05, 0) is 101 Å². The van der Waals surface area contributed by atoms with Crippen molar-refractivity contribution in [2.45, 2.75) is 213 Å². The minimum Gasteiger partial charge on any atom is -0.508 e. The minimum absolute atomic E-state index is 0.0164. The van der Waals surface area contributed by atoms with Crippen LogP contribution < -0.4 is 121 Å². The van der Waals surface area contributed by atoms with E-state index < -0.39 is 292 Å². The molecular formula is C67H103N23O27. The van der Waals surface area contributed by atoms with Crippen LogP contribution in [0.1, 0.15) is 134 Å². The third-order valence-corrected chi connectivity index (χ3v) is 17.2. The topological polar surface area (TPSA) is 881 Å². The van der Waals surface area contributed by atoms with E-state index in [4.69, 9.17) is 62.4 Å².